The van der Waals surface area contributed by atoms with E-state index in [1.165, 1.54) is 28.7 Å². The van der Waals surface area contributed by atoms with Gasteiger partial charge in [-0.3, -0.25) is 0 Å². The predicted molar refractivity (Wildman–Crippen MR) is 117 cm³/mol. The minimum Gasteiger partial charge on any atom is -0.447 e. The van der Waals surface area contributed by atoms with E-state index in [-0.39, 0.29) is 17.7 Å². The number of fused-ring (bicyclic) bond motifs is 1. The van der Waals surface area contributed by atoms with Gasteiger partial charge in [0.15, 0.2) is 0 Å². The van der Waals surface area contributed by atoms with E-state index in [4.69, 9.17) is 9.47 Å². The number of cyclic esters (lactones) is 1. The molecule has 0 bridgehead atoms. The third kappa shape index (κ3) is 3.85. The van der Waals surface area contributed by atoms with Gasteiger partial charge in [-0.05, 0) is 79.0 Å². The maximum absolute atomic E-state index is 11.5. The van der Waals surface area contributed by atoms with E-state index in [1.54, 1.807) is 0 Å². The van der Waals surface area contributed by atoms with Crippen LogP contribution in [0.1, 0.15) is 53.9 Å². The molecule has 1 amide bonds. The summed E-state index contributed by atoms with van der Waals surface area (Å²) in [5.41, 5.74) is 5.63. The molecular weight excluding hydrogens is 374 g/mol. The van der Waals surface area contributed by atoms with Gasteiger partial charge in [0.1, 0.15) is 6.61 Å². The first-order valence-electron chi connectivity index (χ1n) is 11.3. The molecule has 30 heavy (non-hydrogen) atoms. The fraction of sp³-hybridized carbons (Fsp3) is 0.500. The van der Waals surface area contributed by atoms with E-state index < -0.39 is 0 Å². The van der Waals surface area contributed by atoms with E-state index in [1.807, 2.05) is 7.11 Å². The summed E-state index contributed by atoms with van der Waals surface area (Å²) < 4.78 is 11.1. The van der Waals surface area contributed by atoms with Gasteiger partial charge in [-0.1, -0.05) is 48.5 Å². The van der Waals surface area contributed by atoms with Crippen molar-refractivity contribution in [3.8, 4) is 0 Å². The summed E-state index contributed by atoms with van der Waals surface area (Å²) >= 11 is 0. The van der Waals surface area contributed by atoms with Crippen molar-refractivity contribution in [2.75, 3.05) is 13.7 Å². The molecule has 2 fully saturated rings. The van der Waals surface area contributed by atoms with Crippen LogP contribution in [-0.4, -0.2) is 31.5 Å². The zero-order valence-electron chi connectivity index (χ0n) is 17.7. The second kappa shape index (κ2) is 8.07. The molecule has 158 valence electrons. The Labute approximate surface area is 179 Å². The first-order chi connectivity index (χ1) is 14.6. The fourth-order valence-electron chi connectivity index (χ4n) is 5.81. The molecule has 0 radical (unpaired) electrons. The first-order valence-corrected chi connectivity index (χ1v) is 11.3. The number of carbonyl (C=O) groups is 1. The van der Waals surface area contributed by atoms with Crippen molar-refractivity contribution in [3.05, 3.63) is 70.8 Å². The molecule has 0 aromatic heterocycles. The molecule has 4 heteroatoms. The lowest BCUT2D eigenvalue weighted by molar-refractivity contribution is 0.0466. The Kier molecular flexibility index (Phi) is 5.28. The summed E-state index contributed by atoms with van der Waals surface area (Å²) in [4.78, 5) is 11.5. The maximum Gasteiger partial charge on any atom is 0.407 e. The quantitative estimate of drug-likeness (QED) is 0.778. The van der Waals surface area contributed by atoms with Crippen LogP contribution in [0.3, 0.4) is 0 Å². The van der Waals surface area contributed by atoms with E-state index in [0.29, 0.717) is 18.4 Å². The molecule has 2 aliphatic carbocycles. The molecular formula is C26H31NO3. The highest BCUT2D eigenvalue weighted by Gasteiger charge is 2.46. The van der Waals surface area contributed by atoms with E-state index >= 15 is 0 Å². The fourth-order valence-corrected chi connectivity index (χ4v) is 5.81. The summed E-state index contributed by atoms with van der Waals surface area (Å²) in [6, 6.07) is 17.8. The minimum atomic E-state index is -0.254. The van der Waals surface area contributed by atoms with Crippen LogP contribution in [0.4, 0.5) is 4.79 Å². The topological polar surface area (TPSA) is 47.6 Å². The van der Waals surface area contributed by atoms with E-state index in [9.17, 15) is 4.79 Å². The zero-order chi connectivity index (χ0) is 20.6. The summed E-state index contributed by atoms with van der Waals surface area (Å²) in [5, 5.41) is 3.06. The molecule has 1 aliphatic heterocycles. The molecule has 3 aliphatic rings. The van der Waals surface area contributed by atoms with Gasteiger partial charge in [-0.15, -0.1) is 0 Å². The van der Waals surface area contributed by atoms with Crippen molar-refractivity contribution in [1.29, 1.82) is 0 Å². The van der Waals surface area contributed by atoms with Crippen LogP contribution in [0.25, 0.3) is 0 Å². The van der Waals surface area contributed by atoms with Crippen LogP contribution < -0.4 is 5.32 Å². The number of aryl methyl sites for hydroxylation is 1. The Bertz CT molecular complexity index is 912. The highest BCUT2D eigenvalue weighted by molar-refractivity contribution is 5.70. The number of alkyl carbamates (subject to hydrolysis) is 1. The predicted octanol–water partition coefficient (Wildman–Crippen LogP) is 4.80. The first kappa shape index (κ1) is 19.6. The van der Waals surface area contributed by atoms with Gasteiger partial charge in [-0.25, -0.2) is 4.79 Å². The van der Waals surface area contributed by atoms with Gasteiger partial charge >= 0.3 is 6.09 Å². The van der Waals surface area contributed by atoms with E-state index in [2.05, 4.69) is 53.8 Å². The second-order valence-corrected chi connectivity index (χ2v) is 9.42. The van der Waals surface area contributed by atoms with Gasteiger partial charge in [0.2, 0.25) is 0 Å². The number of rotatable bonds is 5. The Morgan fingerprint density at radius 2 is 2.03 bits per heavy atom. The molecule has 2 aromatic rings. The van der Waals surface area contributed by atoms with Crippen molar-refractivity contribution in [3.63, 3.8) is 0 Å². The number of methoxy groups -OCH3 is 1. The SMILES string of the molecule is COC(Cc1ccccc1)[C@H]1CCc2cc([C@@H]3CC[C@]4(COC(=O)N4)C3)ccc2C1. The lowest BCUT2D eigenvalue weighted by Gasteiger charge is -2.31. The Morgan fingerprint density at radius 3 is 2.80 bits per heavy atom. The summed E-state index contributed by atoms with van der Waals surface area (Å²) in [6.45, 7) is 0.523. The average molecular weight is 406 g/mol. The van der Waals surface area contributed by atoms with Gasteiger partial charge in [0.25, 0.3) is 0 Å². The summed E-state index contributed by atoms with van der Waals surface area (Å²) in [7, 11) is 1.85. The van der Waals surface area contributed by atoms with Crippen LogP contribution in [-0.2, 0) is 28.7 Å². The van der Waals surface area contributed by atoms with Crippen molar-refractivity contribution >= 4 is 6.09 Å². The Balaban J connectivity index is 1.26. The minimum absolute atomic E-state index is 0.133. The molecule has 1 saturated carbocycles. The highest BCUT2D eigenvalue weighted by atomic mass is 16.6. The molecule has 4 atom stereocenters. The van der Waals surface area contributed by atoms with Crippen molar-refractivity contribution in [2.24, 2.45) is 5.92 Å². The average Bonchev–Trinajstić information content (AvgIpc) is 3.37. The van der Waals surface area contributed by atoms with Crippen molar-refractivity contribution in [1.82, 2.24) is 5.32 Å². The molecule has 1 heterocycles. The number of carbonyl (C=O) groups excluding carboxylic acids is 1. The Morgan fingerprint density at radius 1 is 1.17 bits per heavy atom. The number of benzene rings is 2. The van der Waals surface area contributed by atoms with Gasteiger partial charge < -0.3 is 14.8 Å². The molecule has 1 unspecified atom stereocenters. The lowest BCUT2D eigenvalue weighted by atomic mass is 9.78. The second-order valence-electron chi connectivity index (χ2n) is 9.42. The van der Waals surface area contributed by atoms with Crippen molar-refractivity contribution < 1.29 is 14.3 Å². The largest absolute Gasteiger partial charge is 0.447 e. The number of hydrogen-bond donors (Lipinski definition) is 1. The van der Waals surface area contributed by atoms with Crippen LogP contribution in [0.15, 0.2) is 48.5 Å². The molecule has 2 aromatic carbocycles. The summed E-state index contributed by atoms with van der Waals surface area (Å²) in [6.07, 6.45) is 7.51. The molecule has 1 saturated heterocycles. The van der Waals surface area contributed by atoms with Crippen LogP contribution >= 0.6 is 0 Å². The molecule has 1 spiro atoms. The molecule has 4 nitrogen and oxygen atoms in total. The molecule has 1 N–H and O–H groups in total. The van der Waals surface area contributed by atoms with Gasteiger partial charge in [0, 0.05) is 7.11 Å². The van der Waals surface area contributed by atoms with Crippen molar-refractivity contribution in [2.45, 2.75) is 62.5 Å². The lowest BCUT2D eigenvalue weighted by Crippen LogP contribution is -2.40. The maximum atomic E-state index is 11.5. The Hall–Kier alpha value is -2.33. The molecule has 5 rings (SSSR count). The van der Waals surface area contributed by atoms with E-state index in [0.717, 1.165) is 38.5 Å². The number of amides is 1. The standard InChI is InChI=1S/C26H31NO3/c1-29-24(13-18-5-3-2-4-6-18)22-10-9-19-14-21(8-7-20(19)15-22)23-11-12-26(16-23)17-30-25(28)27-26/h2-8,14,22-24H,9-13,15-17H2,1H3,(H,27,28)/t22-,23+,24?,26+/m0/s1. The smallest absolute Gasteiger partial charge is 0.407 e. The monoisotopic (exact) mass is 405 g/mol. The normalized spacial score (nSPS) is 28.8. The number of ether oxygens (including phenoxy) is 2. The number of hydrogen-bond acceptors (Lipinski definition) is 3. The number of nitrogens with one attached hydrogen (secondary N) is 1. The highest BCUT2D eigenvalue weighted by Crippen LogP contribution is 2.43. The van der Waals surface area contributed by atoms with Gasteiger partial charge in [-0.2, -0.15) is 0 Å². The third-order valence-electron chi connectivity index (χ3n) is 7.53. The zero-order valence-corrected chi connectivity index (χ0v) is 17.7. The van der Waals surface area contributed by atoms with Crippen LogP contribution in [0, 0.1) is 5.92 Å². The third-order valence-corrected chi connectivity index (χ3v) is 7.53. The van der Waals surface area contributed by atoms with Crippen LogP contribution in [0.5, 0.6) is 0 Å². The van der Waals surface area contributed by atoms with Gasteiger partial charge in [0.05, 0.1) is 11.6 Å². The van der Waals surface area contributed by atoms with Crippen LogP contribution in [0.2, 0.25) is 0 Å². The summed E-state index contributed by atoms with van der Waals surface area (Å²) in [5.74, 6) is 1.08.